The Kier molecular flexibility index (Phi) is 5.46. The SMILES string of the molecule is CNCC(CC(C)O)N(C)C. The molecule has 3 heteroatoms. The van der Waals surface area contributed by atoms with Crippen molar-refractivity contribution in [2.75, 3.05) is 27.7 Å². The summed E-state index contributed by atoms with van der Waals surface area (Å²) < 4.78 is 0. The lowest BCUT2D eigenvalue weighted by atomic mass is 10.1. The zero-order chi connectivity index (χ0) is 8.85. The van der Waals surface area contributed by atoms with Crippen LogP contribution < -0.4 is 5.32 Å². The number of rotatable bonds is 5. The summed E-state index contributed by atoms with van der Waals surface area (Å²) in [5, 5.41) is 12.2. The summed E-state index contributed by atoms with van der Waals surface area (Å²) in [6.07, 6.45) is 0.615. The van der Waals surface area contributed by atoms with E-state index in [2.05, 4.69) is 10.2 Å². The molecule has 0 amide bonds. The van der Waals surface area contributed by atoms with Gasteiger partial charge in [-0.25, -0.2) is 0 Å². The topological polar surface area (TPSA) is 35.5 Å². The van der Waals surface area contributed by atoms with Gasteiger partial charge in [-0.1, -0.05) is 0 Å². The quantitative estimate of drug-likeness (QED) is 0.590. The van der Waals surface area contributed by atoms with Crippen LogP contribution >= 0.6 is 0 Å². The molecule has 68 valence electrons. The van der Waals surface area contributed by atoms with Crippen LogP contribution in [-0.2, 0) is 0 Å². The fraction of sp³-hybridized carbons (Fsp3) is 1.00. The molecule has 2 unspecified atom stereocenters. The van der Waals surface area contributed by atoms with E-state index in [-0.39, 0.29) is 6.10 Å². The standard InChI is InChI=1S/C8H20N2O/c1-7(11)5-8(6-9-2)10(3)4/h7-9,11H,5-6H2,1-4H3. The Morgan fingerprint density at radius 3 is 2.27 bits per heavy atom. The van der Waals surface area contributed by atoms with E-state index in [1.54, 1.807) is 0 Å². The molecule has 0 heterocycles. The molecule has 0 aromatic rings. The van der Waals surface area contributed by atoms with Gasteiger partial charge in [0, 0.05) is 12.6 Å². The smallest absolute Gasteiger partial charge is 0.0527 e. The summed E-state index contributed by atoms with van der Waals surface area (Å²) in [5.74, 6) is 0. The van der Waals surface area contributed by atoms with Crippen LogP contribution in [0.25, 0.3) is 0 Å². The van der Waals surface area contributed by atoms with Gasteiger partial charge in [0.2, 0.25) is 0 Å². The zero-order valence-corrected chi connectivity index (χ0v) is 7.96. The van der Waals surface area contributed by atoms with Crippen molar-refractivity contribution in [2.24, 2.45) is 0 Å². The molecule has 0 aromatic heterocycles. The molecule has 0 aliphatic rings. The minimum absolute atomic E-state index is 0.212. The second-order valence-corrected chi connectivity index (χ2v) is 3.26. The third kappa shape index (κ3) is 5.18. The molecule has 0 rings (SSSR count). The highest BCUT2D eigenvalue weighted by molar-refractivity contribution is 4.70. The fourth-order valence-corrected chi connectivity index (χ4v) is 1.11. The molecule has 0 bridgehead atoms. The molecule has 11 heavy (non-hydrogen) atoms. The average Bonchev–Trinajstić information content (AvgIpc) is 1.86. The molecular formula is C8H20N2O. The average molecular weight is 160 g/mol. The van der Waals surface area contributed by atoms with Crippen LogP contribution in [0.2, 0.25) is 0 Å². The first kappa shape index (κ1) is 10.9. The van der Waals surface area contributed by atoms with Crippen LogP contribution in [0.15, 0.2) is 0 Å². The third-order valence-electron chi connectivity index (χ3n) is 1.78. The van der Waals surface area contributed by atoms with Crippen molar-refractivity contribution in [2.45, 2.75) is 25.5 Å². The summed E-state index contributed by atoms with van der Waals surface area (Å²) in [7, 11) is 5.99. The van der Waals surface area contributed by atoms with E-state index >= 15 is 0 Å². The van der Waals surface area contributed by atoms with E-state index in [0.29, 0.717) is 6.04 Å². The van der Waals surface area contributed by atoms with Gasteiger partial charge < -0.3 is 15.3 Å². The van der Waals surface area contributed by atoms with E-state index in [9.17, 15) is 0 Å². The van der Waals surface area contributed by atoms with Crippen LogP contribution in [0.3, 0.4) is 0 Å². The maximum Gasteiger partial charge on any atom is 0.0527 e. The molecule has 0 radical (unpaired) electrons. The molecule has 0 spiro atoms. The van der Waals surface area contributed by atoms with Gasteiger partial charge in [0.1, 0.15) is 0 Å². The van der Waals surface area contributed by atoms with Gasteiger partial charge in [0.15, 0.2) is 0 Å². The van der Waals surface area contributed by atoms with Crippen molar-refractivity contribution in [3.63, 3.8) is 0 Å². The van der Waals surface area contributed by atoms with Crippen molar-refractivity contribution < 1.29 is 5.11 Å². The number of nitrogens with one attached hydrogen (secondary N) is 1. The predicted octanol–water partition coefficient (Wildman–Crippen LogP) is -0.0931. The van der Waals surface area contributed by atoms with E-state index in [4.69, 9.17) is 5.11 Å². The molecule has 2 N–H and O–H groups in total. The maximum absolute atomic E-state index is 9.14. The van der Waals surface area contributed by atoms with Crippen molar-refractivity contribution >= 4 is 0 Å². The van der Waals surface area contributed by atoms with Crippen LogP contribution in [0, 0.1) is 0 Å². The Bertz CT molecular complexity index is 94.1. The van der Waals surface area contributed by atoms with Crippen molar-refractivity contribution in [1.82, 2.24) is 10.2 Å². The number of nitrogens with zero attached hydrogens (tertiary/aromatic N) is 1. The van der Waals surface area contributed by atoms with Gasteiger partial charge in [-0.15, -0.1) is 0 Å². The summed E-state index contributed by atoms with van der Waals surface area (Å²) in [6.45, 7) is 2.75. The normalized spacial score (nSPS) is 16.9. The highest BCUT2D eigenvalue weighted by atomic mass is 16.3. The Balaban J connectivity index is 3.69. The lowest BCUT2D eigenvalue weighted by Crippen LogP contribution is -2.38. The lowest BCUT2D eigenvalue weighted by molar-refractivity contribution is 0.138. The Morgan fingerprint density at radius 1 is 1.45 bits per heavy atom. The first-order valence-corrected chi connectivity index (χ1v) is 4.07. The fourth-order valence-electron chi connectivity index (χ4n) is 1.11. The van der Waals surface area contributed by atoms with E-state index in [1.807, 2.05) is 28.1 Å². The highest BCUT2D eigenvalue weighted by Gasteiger charge is 2.12. The van der Waals surface area contributed by atoms with Crippen molar-refractivity contribution in [1.29, 1.82) is 0 Å². The molecule has 0 saturated heterocycles. The maximum atomic E-state index is 9.14. The summed E-state index contributed by atoms with van der Waals surface area (Å²) in [6, 6.07) is 0.431. The molecule has 0 aromatic carbocycles. The predicted molar refractivity (Wildman–Crippen MR) is 47.7 cm³/mol. The van der Waals surface area contributed by atoms with Gasteiger partial charge in [-0.3, -0.25) is 0 Å². The molecule has 0 aliphatic heterocycles. The zero-order valence-electron chi connectivity index (χ0n) is 7.96. The van der Waals surface area contributed by atoms with Crippen LogP contribution in [0.1, 0.15) is 13.3 Å². The minimum atomic E-state index is -0.212. The second kappa shape index (κ2) is 5.52. The monoisotopic (exact) mass is 160 g/mol. The molecule has 0 fully saturated rings. The molecule has 0 saturated carbocycles. The summed E-state index contributed by atoms with van der Waals surface area (Å²) >= 11 is 0. The minimum Gasteiger partial charge on any atom is -0.393 e. The second-order valence-electron chi connectivity index (χ2n) is 3.26. The number of aliphatic hydroxyl groups is 1. The van der Waals surface area contributed by atoms with E-state index in [0.717, 1.165) is 13.0 Å². The molecule has 2 atom stereocenters. The third-order valence-corrected chi connectivity index (χ3v) is 1.78. The number of hydrogen-bond acceptors (Lipinski definition) is 3. The van der Waals surface area contributed by atoms with Gasteiger partial charge in [-0.05, 0) is 34.5 Å². The number of likely N-dealkylation sites (N-methyl/N-ethyl adjacent to an activating group) is 2. The largest absolute Gasteiger partial charge is 0.393 e. The Morgan fingerprint density at radius 2 is 2.00 bits per heavy atom. The first-order chi connectivity index (χ1) is 5.07. The van der Waals surface area contributed by atoms with E-state index in [1.165, 1.54) is 0 Å². The highest BCUT2D eigenvalue weighted by Crippen LogP contribution is 2.01. The van der Waals surface area contributed by atoms with Gasteiger partial charge >= 0.3 is 0 Å². The first-order valence-electron chi connectivity index (χ1n) is 4.07. The van der Waals surface area contributed by atoms with Crippen molar-refractivity contribution in [3.05, 3.63) is 0 Å². The van der Waals surface area contributed by atoms with Crippen LogP contribution in [0.4, 0.5) is 0 Å². The molecular weight excluding hydrogens is 140 g/mol. The summed E-state index contributed by atoms with van der Waals surface area (Å²) in [5.41, 5.74) is 0. The van der Waals surface area contributed by atoms with Crippen LogP contribution in [-0.4, -0.2) is 49.8 Å². The lowest BCUT2D eigenvalue weighted by Gasteiger charge is -2.24. The molecule has 0 aliphatic carbocycles. The summed E-state index contributed by atoms with van der Waals surface area (Å²) in [4.78, 5) is 2.13. The Labute approximate surface area is 69.4 Å². The van der Waals surface area contributed by atoms with Crippen LogP contribution in [0.5, 0.6) is 0 Å². The number of aliphatic hydroxyl groups excluding tert-OH is 1. The van der Waals surface area contributed by atoms with Gasteiger partial charge in [0.05, 0.1) is 6.10 Å². The number of hydrogen-bond donors (Lipinski definition) is 2. The van der Waals surface area contributed by atoms with Crippen molar-refractivity contribution in [3.8, 4) is 0 Å². The Hall–Kier alpha value is -0.120. The van der Waals surface area contributed by atoms with E-state index < -0.39 is 0 Å². The van der Waals surface area contributed by atoms with Gasteiger partial charge in [-0.2, -0.15) is 0 Å². The molecule has 3 nitrogen and oxygen atoms in total. The van der Waals surface area contributed by atoms with Gasteiger partial charge in [0.25, 0.3) is 0 Å².